The van der Waals surface area contributed by atoms with Gasteiger partial charge in [-0.2, -0.15) is 0 Å². The number of ether oxygens (including phenoxy) is 2. The Morgan fingerprint density at radius 3 is 2.35 bits per heavy atom. The second kappa shape index (κ2) is 14.3. The van der Waals surface area contributed by atoms with Gasteiger partial charge in [0, 0.05) is 48.6 Å². The van der Waals surface area contributed by atoms with Gasteiger partial charge in [-0.25, -0.2) is 0 Å². The molecular formula is C43H47N5O5Si. The molecule has 4 aromatic carbocycles. The van der Waals surface area contributed by atoms with Gasteiger partial charge in [-0.05, 0) is 66.4 Å². The van der Waals surface area contributed by atoms with Crippen LogP contribution in [0.5, 0.6) is 5.75 Å². The zero-order valence-electron chi connectivity index (χ0n) is 31.3. The average molecular weight is 742 g/mol. The number of aryl methyl sites for hydroxylation is 1. The van der Waals surface area contributed by atoms with E-state index < -0.39 is 13.7 Å². The highest BCUT2D eigenvalue weighted by Crippen LogP contribution is 2.61. The third kappa shape index (κ3) is 5.95. The van der Waals surface area contributed by atoms with Crippen LogP contribution >= 0.6 is 0 Å². The molecule has 1 N–H and O–H groups in total. The second-order valence-electron chi connectivity index (χ2n) is 15.3. The summed E-state index contributed by atoms with van der Waals surface area (Å²) in [6.07, 6.45) is 3.53. The van der Waals surface area contributed by atoms with E-state index in [0.29, 0.717) is 31.6 Å². The van der Waals surface area contributed by atoms with Gasteiger partial charge < -0.3 is 19.5 Å². The third-order valence-corrected chi connectivity index (χ3v) is 16.4. The van der Waals surface area contributed by atoms with Crippen LogP contribution in [0, 0.1) is 5.92 Å². The lowest BCUT2D eigenvalue weighted by Gasteiger charge is -2.37. The van der Waals surface area contributed by atoms with E-state index in [1.807, 2.05) is 112 Å². The highest BCUT2D eigenvalue weighted by molar-refractivity contribution is 6.91. The number of carbonyl (C=O) groups excluding carboxylic acids is 2. The molecule has 2 fully saturated rings. The van der Waals surface area contributed by atoms with Gasteiger partial charge in [-0.1, -0.05) is 91.1 Å². The number of hydrogen-bond donors (Lipinski definition) is 1. The summed E-state index contributed by atoms with van der Waals surface area (Å²) in [5, 5.41) is 20.5. The number of benzene rings is 4. The molecule has 11 heteroatoms. The maximum absolute atomic E-state index is 15.3. The van der Waals surface area contributed by atoms with Gasteiger partial charge in [0.15, 0.2) is 5.60 Å². The summed E-state index contributed by atoms with van der Waals surface area (Å²) in [4.78, 5) is 32.0. The molecule has 0 bridgehead atoms. The number of para-hydroxylation sites is 1. The summed E-state index contributed by atoms with van der Waals surface area (Å²) in [6.45, 7) is 8.03. The zero-order chi connectivity index (χ0) is 37.6. The Hall–Kier alpha value is -5.10. The number of nitrogens with zero attached hydrogens (tertiary/aromatic N) is 5. The number of anilines is 3. The summed E-state index contributed by atoms with van der Waals surface area (Å²) in [6, 6.07) is 34.0. The minimum absolute atomic E-state index is 0.0213. The van der Waals surface area contributed by atoms with Crippen molar-refractivity contribution in [3.63, 3.8) is 0 Å². The molecule has 3 aliphatic rings. The molecule has 1 unspecified atom stereocenters. The van der Waals surface area contributed by atoms with Crippen molar-refractivity contribution in [2.24, 2.45) is 5.92 Å². The Labute approximate surface area is 317 Å². The van der Waals surface area contributed by atoms with Gasteiger partial charge in [0.1, 0.15) is 5.75 Å². The Morgan fingerprint density at radius 1 is 0.963 bits per heavy atom. The van der Waals surface area contributed by atoms with Crippen molar-refractivity contribution in [3.8, 4) is 5.75 Å². The van der Waals surface area contributed by atoms with Crippen LogP contribution < -0.4 is 19.7 Å². The van der Waals surface area contributed by atoms with Gasteiger partial charge in [-0.3, -0.25) is 19.2 Å². The van der Waals surface area contributed by atoms with E-state index >= 15 is 4.79 Å². The Balaban J connectivity index is 1.20. The molecule has 0 radical (unpaired) electrons. The van der Waals surface area contributed by atoms with Crippen molar-refractivity contribution in [1.82, 2.24) is 15.0 Å². The van der Waals surface area contributed by atoms with Crippen LogP contribution in [0.2, 0.25) is 18.6 Å². The number of aliphatic hydroxyl groups is 1. The highest BCUT2D eigenvalue weighted by atomic mass is 28.3. The molecule has 5 atom stereocenters. The summed E-state index contributed by atoms with van der Waals surface area (Å²) >= 11 is 0. The first-order valence-electron chi connectivity index (χ1n) is 18.9. The Bertz CT molecular complexity index is 2140. The fourth-order valence-electron chi connectivity index (χ4n) is 9.32. The maximum atomic E-state index is 15.3. The number of fused-ring (bicyclic) bond motifs is 2. The molecule has 54 heavy (non-hydrogen) atoms. The van der Waals surface area contributed by atoms with E-state index in [2.05, 4.69) is 42.5 Å². The van der Waals surface area contributed by atoms with Gasteiger partial charge in [0.2, 0.25) is 5.91 Å². The SMILES string of the molecule is COc1ccc([Si](C)(C)[C@@H]2[C@@H](CCn3cc(C(CO)c4ccccc4)nn3)O[C@]3(C(=O)N(c4ccccc4)c4ccc(N5CCCC5=O)cc43)[C@H]2C)cc1. The van der Waals surface area contributed by atoms with Gasteiger partial charge >= 0.3 is 0 Å². The van der Waals surface area contributed by atoms with Crippen LogP contribution in [0.15, 0.2) is 109 Å². The van der Waals surface area contributed by atoms with Crippen LogP contribution in [0.1, 0.15) is 48.9 Å². The lowest BCUT2D eigenvalue weighted by atomic mass is 9.82. The van der Waals surface area contributed by atoms with Crippen molar-refractivity contribution in [2.45, 2.75) is 69.0 Å². The standard InChI is InChI=1S/C43H47N5O5Si/c1-29-41(54(3,4)34-20-18-33(52-2)19-21-34)39(23-25-46-27-37(44-45-46)35(28-49)30-12-7-5-8-13-30)53-43(29)36-26-32(47-24-11-16-40(47)50)17-22-38(36)48(42(43)51)31-14-9-6-10-15-31/h5-10,12-15,17-22,26-27,29,35,39,41,49H,11,16,23-25,28H2,1-4H3/t29-,35?,39+,41-,43+/m0/s1. The van der Waals surface area contributed by atoms with Gasteiger partial charge in [-0.15, -0.1) is 5.10 Å². The molecule has 1 spiro atoms. The van der Waals surface area contributed by atoms with Crippen LogP contribution in [0.25, 0.3) is 0 Å². The van der Waals surface area contributed by atoms with Crippen molar-refractivity contribution in [1.29, 1.82) is 0 Å². The van der Waals surface area contributed by atoms with Crippen LogP contribution in [0.4, 0.5) is 17.1 Å². The molecule has 5 aromatic rings. The Morgan fingerprint density at radius 2 is 1.69 bits per heavy atom. The fraction of sp³-hybridized carbons (Fsp3) is 0.349. The molecule has 3 aliphatic heterocycles. The predicted molar refractivity (Wildman–Crippen MR) is 211 cm³/mol. The quantitative estimate of drug-likeness (QED) is 0.154. The van der Waals surface area contributed by atoms with E-state index in [-0.39, 0.29) is 41.9 Å². The molecule has 2 saturated heterocycles. The topological polar surface area (TPSA) is 110 Å². The van der Waals surface area contributed by atoms with Gasteiger partial charge in [0.05, 0.1) is 45.2 Å². The normalized spacial score (nSPS) is 23.0. The average Bonchev–Trinajstić information content (AvgIpc) is 3.97. The molecular weight excluding hydrogens is 695 g/mol. The number of amides is 2. The van der Waals surface area contributed by atoms with E-state index in [9.17, 15) is 9.90 Å². The number of aromatic nitrogens is 3. The lowest BCUT2D eigenvalue weighted by molar-refractivity contribution is -0.145. The highest BCUT2D eigenvalue weighted by Gasteiger charge is 2.66. The Kier molecular flexibility index (Phi) is 9.49. The first-order chi connectivity index (χ1) is 26.2. The first-order valence-corrected chi connectivity index (χ1v) is 22.0. The lowest BCUT2D eigenvalue weighted by Crippen LogP contribution is -2.51. The molecule has 0 aliphatic carbocycles. The minimum Gasteiger partial charge on any atom is -0.497 e. The molecule has 10 nitrogen and oxygen atoms in total. The molecule has 278 valence electrons. The summed E-state index contributed by atoms with van der Waals surface area (Å²) in [5.74, 6) is 0.297. The number of methoxy groups -OCH3 is 1. The molecule has 8 rings (SSSR count). The maximum Gasteiger partial charge on any atom is 0.268 e. The zero-order valence-corrected chi connectivity index (χ0v) is 32.3. The number of aliphatic hydroxyl groups excluding tert-OH is 1. The smallest absolute Gasteiger partial charge is 0.268 e. The monoisotopic (exact) mass is 741 g/mol. The number of rotatable bonds is 11. The molecule has 2 amide bonds. The largest absolute Gasteiger partial charge is 0.497 e. The number of carbonyl (C=O) groups is 2. The molecule has 1 aromatic heterocycles. The third-order valence-electron chi connectivity index (χ3n) is 12.1. The van der Waals surface area contributed by atoms with Crippen LogP contribution in [0.3, 0.4) is 0 Å². The second-order valence-corrected chi connectivity index (χ2v) is 20.0. The van der Waals surface area contributed by atoms with Gasteiger partial charge in [0.25, 0.3) is 5.91 Å². The van der Waals surface area contributed by atoms with Crippen LogP contribution in [-0.2, 0) is 26.5 Å². The van der Waals surface area contributed by atoms with Crippen molar-refractivity contribution >= 4 is 42.1 Å². The van der Waals surface area contributed by atoms with Crippen molar-refractivity contribution in [3.05, 3.63) is 126 Å². The van der Waals surface area contributed by atoms with Crippen molar-refractivity contribution in [2.75, 3.05) is 30.1 Å². The van der Waals surface area contributed by atoms with E-state index in [1.165, 1.54) is 5.19 Å². The summed E-state index contributed by atoms with van der Waals surface area (Å²) in [5.41, 5.74) is 3.59. The van der Waals surface area contributed by atoms with E-state index in [1.54, 1.807) is 7.11 Å². The molecule has 0 saturated carbocycles. The number of hydrogen-bond acceptors (Lipinski definition) is 7. The fourth-order valence-corrected chi connectivity index (χ4v) is 13.4. The van der Waals surface area contributed by atoms with E-state index in [4.69, 9.17) is 9.47 Å². The van der Waals surface area contributed by atoms with Crippen LogP contribution in [-0.4, -0.2) is 66.4 Å². The first kappa shape index (κ1) is 35.9. The minimum atomic E-state index is -2.40. The summed E-state index contributed by atoms with van der Waals surface area (Å²) in [7, 11) is -0.724. The predicted octanol–water partition coefficient (Wildman–Crippen LogP) is 6.52. The van der Waals surface area contributed by atoms with Crippen molar-refractivity contribution < 1.29 is 24.2 Å². The summed E-state index contributed by atoms with van der Waals surface area (Å²) < 4.78 is 14.8. The molecule has 4 heterocycles. The van der Waals surface area contributed by atoms with E-state index in [0.717, 1.165) is 40.4 Å².